The Labute approximate surface area is 135 Å². The second-order valence-corrected chi connectivity index (χ2v) is 4.72. The lowest BCUT2D eigenvalue weighted by atomic mass is 10.2. The first-order chi connectivity index (χ1) is 11.3. The van der Waals surface area contributed by atoms with Crippen molar-refractivity contribution in [2.45, 2.75) is 13.0 Å². The van der Waals surface area contributed by atoms with E-state index in [0.717, 1.165) is 30.6 Å². The van der Waals surface area contributed by atoms with Crippen molar-refractivity contribution in [3.05, 3.63) is 65.7 Å². The summed E-state index contributed by atoms with van der Waals surface area (Å²) in [5.41, 5.74) is 1.57. The zero-order valence-electron chi connectivity index (χ0n) is 12.3. The van der Waals surface area contributed by atoms with Crippen molar-refractivity contribution in [2.75, 3.05) is 0 Å². The highest BCUT2D eigenvalue weighted by molar-refractivity contribution is 5.85. The van der Waals surface area contributed by atoms with E-state index in [4.69, 9.17) is 9.84 Å². The summed E-state index contributed by atoms with van der Waals surface area (Å²) in [7, 11) is 0. The molecule has 0 aliphatic carbocycles. The summed E-state index contributed by atoms with van der Waals surface area (Å²) in [6, 6.07) is 13.2. The molecule has 0 saturated carbocycles. The lowest BCUT2D eigenvalue weighted by Gasteiger charge is -2.11. The summed E-state index contributed by atoms with van der Waals surface area (Å²) in [6.45, 7) is 0.766. The monoisotopic (exact) mass is 338 g/mol. The fourth-order valence-electron chi connectivity index (χ4n) is 1.83. The molecule has 2 aromatic rings. The highest BCUT2D eigenvalue weighted by atomic mass is 19.4. The standard InChI is InChI=1S/C10H7F3O3.C7H6O/c11-10(12,13)16-8-3-1-2-7(6-8)4-5-9(14)15;1-3-7-4-2-6(1)5-8-7/h1-6H,(H,14,15);1-4H,5H2/b5-4+;. The van der Waals surface area contributed by atoms with Gasteiger partial charge in [0.1, 0.15) is 18.1 Å². The van der Waals surface area contributed by atoms with Gasteiger partial charge in [0.05, 0.1) is 0 Å². The van der Waals surface area contributed by atoms with Crippen LogP contribution < -0.4 is 9.47 Å². The predicted octanol–water partition coefficient (Wildman–Crippen LogP) is 4.26. The van der Waals surface area contributed by atoms with Crippen LogP contribution in [-0.4, -0.2) is 17.4 Å². The van der Waals surface area contributed by atoms with E-state index in [0.29, 0.717) is 5.56 Å². The second kappa shape index (κ2) is 7.54. The van der Waals surface area contributed by atoms with Crippen LogP contribution in [0.15, 0.2) is 54.6 Å². The van der Waals surface area contributed by atoms with Crippen molar-refractivity contribution in [1.82, 2.24) is 0 Å². The summed E-state index contributed by atoms with van der Waals surface area (Å²) in [4.78, 5) is 10.2. The second-order valence-electron chi connectivity index (χ2n) is 4.72. The van der Waals surface area contributed by atoms with Crippen molar-refractivity contribution >= 4 is 12.0 Å². The normalized spacial score (nSPS) is 12.3. The van der Waals surface area contributed by atoms with Gasteiger partial charge in [-0.2, -0.15) is 0 Å². The Balaban J connectivity index is 0.000000214. The third-order valence-electron chi connectivity index (χ3n) is 2.84. The molecule has 0 aromatic heterocycles. The van der Waals surface area contributed by atoms with Crippen molar-refractivity contribution in [3.8, 4) is 11.5 Å². The molecule has 4 rings (SSSR count). The Morgan fingerprint density at radius 3 is 2.29 bits per heavy atom. The van der Waals surface area contributed by atoms with E-state index in [-0.39, 0.29) is 5.75 Å². The number of hydrogen-bond donors (Lipinski definition) is 1. The maximum absolute atomic E-state index is 11.9. The molecule has 0 atom stereocenters. The Hall–Kier alpha value is -2.96. The fraction of sp³-hybridized carbons (Fsp3) is 0.118. The fourth-order valence-corrected chi connectivity index (χ4v) is 1.83. The van der Waals surface area contributed by atoms with E-state index in [1.165, 1.54) is 23.8 Å². The number of benzene rings is 2. The van der Waals surface area contributed by atoms with Crippen LogP contribution in [-0.2, 0) is 11.4 Å². The van der Waals surface area contributed by atoms with E-state index in [1.807, 2.05) is 12.1 Å². The van der Waals surface area contributed by atoms with Crippen LogP contribution in [0.2, 0.25) is 0 Å². The maximum Gasteiger partial charge on any atom is 0.573 e. The highest BCUT2D eigenvalue weighted by Crippen LogP contribution is 2.23. The number of hydrogen-bond acceptors (Lipinski definition) is 3. The van der Waals surface area contributed by atoms with Gasteiger partial charge in [-0.15, -0.1) is 13.2 Å². The number of alkyl halides is 3. The van der Waals surface area contributed by atoms with E-state index >= 15 is 0 Å². The predicted molar refractivity (Wildman–Crippen MR) is 80.6 cm³/mol. The van der Waals surface area contributed by atoms with Gasteiger partial charge >= 0.3 is 12.3 Å². The van der Waals surface area contributed by atoms with Gasteiger partial charge < -0.3 is 14.6 Å². The molecule has 0 fully saturated rings. The summed E-state index contributed by atoms with van der Waals surface area (Å²) < 4.78 is 44.4. The number of ether oxygens (including phenoxy) is 2. The molecule has 1 N–H and O–H groups in total. The third-order valence-corrected chi connectivity index (χ3v) is 2.84. The van der Waals surface area contributed by atoms with Crippen molar-refractivity contribution in [2.24, 2.45) is 0 Å². The number of carboxylic acid groups (broad SMARTS) is 1. The zero-order valence-corrected chi connectivity index (χ0v) is 12.3. The summed E-state index contributed by atoms with van der Waals surface area (Å²) in [6.07, 6.45) is -2.76. The number of halogens is 3. The number of aliphatic carboxylic acids is 1. The van der Waals surface area contributed by atoms with Gasteiger partial charge in [-0.3, -0.25) is 0 Å². The van der Waals surface area contributed by atoms with E-state index in [2.05, 4.69) is 16.9 Å². The van der Waals surface area contributed by atoms with Crippen LogP contribution in [0.3, 0.4) is 0 Å². The first-order valence-electron chi connectivity index (χ1n) is 6.80. The molecule has 2 heterocycles. The molecule has 4 nitrogen and oxygen atoms in total. The van der Waals surface area contributed by atoms with Gasteiger partial charge in [0, 0.05) is 6.08 Å². The number of carboxylic acids is 1. The quantitative estimate of drug-likeness (QED) is 0.850. The maximum atomic E-state index is 11.9. The average Bonchev–Trinajstić information content (AvgIpc) is 2.54. The molecule has 24 heavy (non-hydrogen) atoms. The molecular weight excluding hydrogens is 325 g/mol. The minimum Gasteiger partial charge on any atom is -0.489 e. The van der Waals surface area contributed by atoms with Crippen LogP contribution in [0.1, 0.15) is 11.1 Å². The number of fused-ring (bicyclic) bond motifs is 3. The Bertz CT molecular complexity index is 698. The minimum absolute atomic E-state index is 0.309. The first-order valence-corrected chi connectivity index (χ1v) is 6.80. The molecule has 2 aromatic carbocycles. The topological polar surface area (TPSA) is 55.8 Å². The molecule has 0 spiro atoms. The van der Waals surface area contributed by atoms with Gasteiger partial charge in [0.15, 0.2) is 0 Å². The van der Waals surface area contributed by atoms with Gasteiger partial charge in [0.25, 0.3) is 0 Å². The minimum atomic E-state index is -4.75. The SMILES string of the molecule is O=C(O)/C=C/c1cccc(OC(F)(F)F)c1.c1cc2ccc1CO2. The molecule has 0 unspecified atom stereocenters. The Morgan fingerprint density at radius 2 is 1.88 bits per heavy atom. The molecule has 2 bridgehead atoms. The van der Waals surface area contributed by atoms with Crippen LogP contribution in [0, 0.1) is 0 Å². The average molecular weight is 338 g/mol. The van der Waals surface area contributed by atoms with Crippen LogP contribution in [0.25, 0.3) is 6.08 Å². The van der Waals surface area contributed by atoms with Crippen molar-refractivity contribution in [3.63, 3.8) is 0 Å². The number of rotatable bonds is 3. The van der Waals surface area contributed by atoms with E-state index in [1.54, 1.807) is 0 Å². The molecule has 7 heteroatoms. The highest BCUT2D eigenvalue weighted by Gasteiger charge is 2.30. The van der Waals surface area contributed by atoms with Gasteiger partial charge in [-0.05, 0) is 41.5 Å². The number of carbonyl (C=O) groups is 1. The van der Waals surface area contributed by atoms with Crippen LogP contribution in [0.5, 0.6) is 11.5 Å². The molecule has 126 valence electrons. The van der Waals surface area contributed by atoms with E-state index in [9.17, 15) is 18.0 Å². The molecule has 0 amide bonds. The summed E-state index contributed by atoms with van der Waals surface area (Å²) in [5, 5.41) is 8.33. The summed E-state index contributed by atoms with van der Waals surface area (Å²) in [5.74, 6) is -0.581. The largest absolute Gasteiger partial charge is 0.573 e. The summed E-state index contributed by atoms with van der Waals surface area (Å²) >= 11 is 0. The van der Waals surface area contributed by atoms with E-state index < -0.39 is 12.3 Å². The van der Waals surface area contributed by atoms with Gasteiger partial charge in [0.2, 0.25) is 0 Å². The van der Waals surface area contributed by atoms with Gasteiger partial charge in [-0.1, -0.05) is 24.3 Å². The molecule has 2 aliphatic heterocycles. The molecule has 2 aliphatic rings. The third kappa shape index (κ3) is 6.04. The lowest BCUT2D eigenvalue weighted by Crippen LogP contribution is -2.17. The Kier molecular flexibility index (Phi) is 5.47. The Morgan fingerprint density at radius 1 is 1.17 bits per heavy atom. The first kappa shape index (κ1) is 17.4. The molecular formula is C17H13F3O4. The van der Waals surface area contributed by atoms with Crippen LogP contribution >= 0.6 is 0 Å². The van der Waals surface area contributed by atoms with Gasteiger partial charge in [-0.25, -0.2) is 4.79 Å². The van der Waals surface area contributed by atoms with Crippen molar-refractivity contribution in [1.29, 1.82) is 0 Å². The molecule has 0 saturated heterocycles. The zero-order chi connectivity index (χ0) is 17.6. The molecule has 0 radical (unpaired) electrons. The lowest BCUT2D eigenvalue weighted by molar-refractivity contribution is -0.274. The smallest absolute Gasteiger partial charge is 0.489 e. The van der Waals surface area contributed by atoms with Crippen LogP contribution in [0.4, 0.5) is 13.2 Å². The van der Waals surface area contributed by atoms with Crippen molar-refractivity contribution < 1.29 is 32.5 Å².